The molecule has 0 fully saturated rings. The fraction of sp³-hybridized carbons (Fsp3) is 0.0278. The summed E-state index contributed by atoms with van der Waals surface area (Å²) in [4.78, 5) is 25.5. The van der Waals surface area contributed by atoms with Crippen LogP contribution in [0.1, 0.15) is 32.0 Å². The molecule has 6 rings (SSSR count). The Morgan fingerprint density at radius 2 is 1.50 bits per heavy atom. The number of carbonyl (C=O) groups is 2. The summed E-state index contributed by atoms with van der Waals surface area (Å²) in [5.41, 5.74) is 7.25. The summed E-state index contributed by atoms with van der Waals surface area (Å²) in [5.74, 6) is 0.0831. The second-order valence-corrected chi connectivity index (χ2v) is 9.77. The fourth-order valence-corrected chi connectivity index (χ4v) is 4.71. The van der Waals surface area contributed by atoms with Gasteiger partial charge in [-0.15, -0.1) is 0 Å². The second-order valence-electron chi connectivity index (χ2n) is 9.77. The smallest absolute Gasteiger partial charge is 0.259 e. The van der Waals surface area contributed by atoms with Crippen molar-refractivity contribution in [3.63, 3.8) is 0 Å². The predicted octanol–water partition coefficient (Wildman–Crippen LogP) is 8.26. The molecule has 0 radical (unpaired) electrons. The topological polar surface area (TPSA) is 77.1 Å². The molecule has 4 aromatic carbocycles. The first-order valence-corrected chi connectivity index (χ1v) is 13.5. The number of aryl methyl sites for hydroxylation is 1. The van der Waals surface area contributed by atoms with E-state index in [9.17, 15) is 9.59 Å². The third kappa shape index (κ3) is 5.74. The van der Waals surface area contributed by atoms with E-state index in [1.165, 1.54) is 12.3 Å². The Morgan fingerprint density at radius 1 is 0.786 bits per heavy atom. The molecular weight excluding hydrogens is 522 g/mol. The molecule has 0 atom stereocenters. The summed E-state index contributed by atoms with van der Waals surface area (Å²) < 4.78 is 7.15. The molecule has 42 heavy (non-hydrogen) atoms. The van der Waals surface area contributed by atoms with Gasteiger partial charge in [-0.25, -0.2) is 4.68 Å². The Kier molecular flexibility index (Phi) is 7.42. The first-order valence-electron chi connectivity index (χ1n) is 13.5. The molecule has 0 aliphatic heterocycles. The van der Waals surface area contributed by atoms with E-state index in [2.05, 4.69) is 35.6 Å². The molecule has 0 aliphatic rings. The predicted molar refractivity (Wildman–Crippen MR) is 166 cm³/mol. The third-order valence-electron chi connectivity index (χ3n) is 6.92. The lowest BCUT2D eigenvalue weighted by Crippen LogP contribution is -2.12. The highest BCUT2D eigenvalue weighted by molar-refractivity contribution is 6.09. The minimum atomic E-state index is -0.287. The molecule has 0 spiro atoms. The van der Waals surface area contributed by atoms with Gasteiger partial charge in [-0.2, -0.15) is 5.10 Å². The lowest BCUT2D eigenvalue weighted by molar-refractivity contribution is 0.102. The highest BCUT2D eigenvalue weighted by Gasteiger charge is 2.14. The Bertz CT molecular complexity index is 1880. The molecule has 0 aliphatic carbocycles. The molecule has 0 bridgehead atoms. The average molecular weight is 550 g/mol. The van der Waals surface area contributed by atoms with Crippen molar-refractivity contribution >= 4 is 23.5 Å². The normalized spacial score (nSPS) is 11.1. The zero-order chi connectivity index (χ0) is 28.9. The molecule has 0 saturated carbocycles. The number of allylic oxidation sites excluding steroid dienone is 1. The van der Waals surface area contributed by atoms with Crippen LogP contribution in [0, 0.1) is 6.92 Å². The Morgan fingerprint density at radius 3 is 2.19 bits per heavy atom. The van der Waals surface area contributed by atoms with Crippen LogP contribution in [0.5, 0.6) is 0 Å². The summed E-state index contributed by atoms with van der Waals surface area (Å²) in [6, 6.07) is 38.8. The number of carbonyl (C=O) groups excluding carboxylic acids is 2. The van der Waals surface area contributed by atoms with Crippen molar-refractivity contribution in [1.82, 2.24) is 9.78 Å². The van der Waals surface area contributed by atoms with E-state index in [0.29, 0.717) is 22.6 Å². The van der Waals surface area contributed by atoms with Crippen molar-refractivity contribution in [1.29, 1.82) is 0 Å². The maximum absolute atomic E-state index is 12.9. The standard InChI is InChI=1S/C36H27N3O3/c1-25-32(21-22-42-25)36(41)37-30-14-8-13-29(23-30)35(40)20-17-26-15-18-31(19-16-26)39-34(28-11-6-3-7-12-28)24-33(38-39)27-9-4-2-5-10-27/h2-24H,1H3,(H,37,41)/b20-17+. The number of hydrogen-bond acceptors (Lipinski definition) is 4. The van der Waals surface area contributed by atoms with Gasteiger partial charge in [-0.3, -0.25) is 9.59 Å². The van der Waals surface area contributed by atoms with Gasteiger partial charge in [0.05, 0.1) is 28.9 Å². The quantitative estimate of drug-likeness (QED) is 0.153. The van der Waals surface area contributed by atoms with Crippen LogP contribution in [0.25, 0.3) is 34.3 Å². The number of amides is 1. The number of furan rings is 1. The van der Waals surface area contributed by atoms with Crippen LogP contribution in [0.3, 0.4) is 0 Å². The molecular formula is C36H27N3O3. The van der Waals surface area contributed by atoms with Gasteiger partial charge >= 0.3 is 0 Å². The van der Waals surface area contributed by atoms with E-state index in [0.717, 1.165) is 33.8 Å². The van der Waals surface area contributed by atoms with Crippen LogP contribution in [0.15, 0.2) is 138 Å². The Labute approximate surface area is 243 Å². The number of ketones is 1. The molecule has 0 saturated heterocycles. The van der Waals surface area contributed by atoms with Gasteiger partial charge < -0.3 is 9.73 Å². The first-order chi connectivity index (χ1) is 20.5. The number of hydrogen-bond donors (Lipinski definition) is 1. The van der Waals surface area contributed by atoms with Gasteiger partial charge in [0, 0.05) is 22.4 Å². The van der Waals surface area contributed by atoms with Crippen molar-refractivity contribution in [2.75, 3.05) is 5.32 Å². The van der Waals surface area contributed by atoms with Crippen LogP contribution in [-0.4, -0.2) is 21.5 Å². The SMILES string of the molecule is Cc1occc1C(=O)Nc1cccc(C(=O)/C=C/c2ccc(-n3nc(-c4ccccc4)cc3-c3ccccc3)cc2)c1. The van der Waals surface area contributed by atoms with Crippen molar-refractivity contribution in [2.24, 2.45) is 0 Å². The van der Waals surface area contributed by atoms with E-state index in [-0.39, 0.29) is 11.7 Å². The van der Waals surface area contributed by atoms with Crippen molar-refractivity contribution in [3.05, 3.63) is 156 Å². The molecule has 1 amide bonds. The molecule has 0 unspecified atom stereocenters. The molecule has 2 aromatic heterocycles. The lowest BCUT2D eigenvalue weighted by Gasteiger charge is -2.08. The molecule has 6 aromatic rings. The van der Waals surface area contributed by atoms with Crippen LogP contribution >= 0.6 is 0 Å². The van der Waals surface area contributed by atoms with Crippen LogP contribution in [0.4, 0.5) is 5.69 Å². The summed E-state index contributed by atoms with van der Waals surface area (Å²) in [6.45, 7) is 1.73. The number of aromatic nitrogens is 2. The van der Waals surface area contributed by atoms with Crippen molar-refractivity contribution < 1.29 is 14.0 Å². The summed E-state index contributed by atoms with van der Waals surface area (Å²) >= 11 is 0. The maximum atomic E-state index is 12.9. The zero-order valence-corrected chi connectivity index (χ0v) is 22.9. The minimum Gasteiger partial charge on any atom is -0.469 e. The van der Waals surface area contributed by atoms with Crippen molar-refractivity contribution in [2.45, 2.75) is 6.92 Å². The van der Waals surface area contributed by atoms with Gasteiger partial charge in [-0.05, 0) is 55.0 Å². The number of nitrogens with zero attached hydrogens (tertiary/aromatic N) is 2. The summed E-state index contributed by atoms with van der Waals surface area (Å²) in [5, 5.41) is 7.75. The Hall–Kier alpha value is -5.75. The van der Waals surface area contributed by atoms with Gasteiger partial charge in [-0.1, -0.05) is 91.0 Å². The highest BCUT2D eigenvalue weighted by atomic mass is 16.3. The van der Waals surface area contributed by atoms with E-state index >= 15 is 0 Å². The average Bonchev–Trinajstić information content (AvgIpc) is 3.68. The van der Waals surface area contributed by atoms with E-state index in [4.69, 9.17) is 9.52 Å². The van der Waals surface area contributed by atoms with Gasteiger partial charge in [0.2, 0.25) is 0 Å². The summed E-state index contributed by atoms with van der Waals surface area (Å²) in [7, 11) is 0. The Balaban J connectivity index is 1.20. The largest absolute Gasteiger partial charge is 0.469 e. The maximum Gasteiger partial charge on any atom is 0.259 e. The third-order valence-corrected chi connectivity index (χ3v) is 6.92. The number of benzene rings is 4. The highest BCUT2D eigenvalue weighted by Crippen LogP contribution is 2.29. The molecule has 6 nitrogen and oxygen atoms in total. The van der Waals surface area contributed by atoms with E-state index in [1.54, 1.807) is 43.3 Å². The van der Waals surface area contributed by atoms with Crippen LogP contribution < -0.4 is 5.32 Å². The van der Waals surface area contributed by atoms with E-state index in [1.807, 2.05) is 65.3 Å². The van der Waals surface area contributed by atoms with Crippen molar-refractivity contribution in [3.8, 4) is 28.2 Å². The number of anilines is 1. The van der Waals surface area contributed by atoms with E-state index < -0.39 is 0 Å². The molecule has 2 heterocycles. The van der Waals surface area contributed by atoms with Gasteiger partial charge in [0.1, 0.15) is 5.76 Å². The number of rotatable bonds is 8. The van der Waals surface area contributed by atoms with Gasteiger partial charge in [0.25, 0.3) is 5.91 Å². The summed E-state index contributed by atoms with van der Waals surface area (Å²) in [6.07, 6.45) is 4.79. The minimum absolute atomic E-state index is 0.166. The molecule has 6 heteroatoms. The molecule has 1 N–H and O–H groups in total. The monoisotopic (exact) mass is 549 g/mol. The second kappa shape index (κ2) is 11.8. The fourth-order valence-electron chi connectivity index (χ4n) is 4.71. The van der Waals surface area contributed by atoms with Crippen LogP contribution in [0.2, 0.25) is 0 Å². The lowest BCUT2D eigenvalue weighted by atomic mass is 10.1. The zero-order valence-electron chi connectivity index (χ0n) is 22.9. The van der Waals surface area contributed by atoms with Gasteiger partial charge in [0.15, 0.2) is 5.78 Å². The molecule has 204 valence electrons. The number of nitrogens with one attached hydrogen (secondary N) is 1. The first kappa shape index (κ1) is 26.5. The van der Waals surface area contributed by atoms with Crippen LogP contribution in [-0.2, 0) is 0 Å².